The van der Waals surface area contributed by atoms with Crippen LogP contribution in [0.5, 0.6) is 5.75 Å². The number of benzene rings is 1. The van der Waals surface area contributed by atoms with Crippen molar-refractivity contribution < 1.29 is 24.2 Å². The minimum Gasteiger partial charge on any atom is -0.508 e. The Morgan fingerprint density at radius 3 is 2.85 bits per heavy atom. The average molecular weight is 374 g/mol. The van der Waals surface area contributed by atoms with Gasteiger partial charge in [0.1, 0.15) is 22.8 Å². The predicted molar refractivity (Wildman–Crippen MR) is 93.3 cm³/mol. The van der Waals surface area contributed by atoms with Gasteiger partial charge in [0.2, 0.25) is 5.91 Å². The van der Waals surface area contributed by atoms with Gasteiger partial charge in [-0.15, -0.1) is 0 Å². The zero-order valence-electron chi connectivity index (χ0n) is 14.5. The quantitative estimate of drug-likeness (QED) is 0.474. The van der Waals surface area contributed by atoms with Crippen LogP contribution < -0.4 is 16.0 Å². The fraction of sp³-hybridized carbons (Fsp3) is 0.278. The largest absolute Gasteiger partial charge is 0.508 e. The van der Waals surface area contributed by atoms with Gasteiger partial charge in [-0.05, 0) is 37.3 Å². The highest BCUT2D eigenvalue weighted by Gasteiger charge is 2.27. The number of aliphatic hydroxyl groups excluding tert-OH is 1. The number of rotatable bonds is 6. The van der Waals surface area contributed by atoms with E-state index in [2.05, 4.69) is 16.0 Å². The Morgan fingerprint density at radius 2 is 2.19 bits per heavy atom. The predicted octanol–water partition coefficient (Wildman–Crippen LogP) is -0.0482. The van der Waals surface area contributed by atoms with E-state index in [1.165, 1.54) is 13.0 Å². The lowest BCUT2D eigenvalue weighted by Crippen LogP contribution is -2.50. The first-order chi connectivity index (χ1) is 12.8. The van der Waals surface area contributed by atoms with Crippen molar-refractivity contribution in [2.45, 2.75) is 18.9 Å². The van der Waals surface area contributed by atoms with Gasteiger partial charge in [-0.3, -0.25) is 9.59 Å². The van der Waals surface area contributed by atoms with E-state index in [-0.39, 0.29) is 30.0 Å². The van der Waals surface area contributed by atoms with Crippen molar-refractivity contribution in [2.75, 3.05) is 13.2 Å². The molecule has 2 rings (SSSR count). The number of halogens is 1. The maximum Gasteiger partial charge on any atom is 0.268 e. The number of hydrogen-bond donors (Lipinski definition) is 5. The first-order valence-electron chi connectivity index (χ1n) is 8.04. The molecule has 0 fully saturated rings. The van der Waals surface area contributed by atoms with Crippen LogP contribution in [0, 0.1) is 17.1 Å². The first kappa shape index (κ1) is 19.9. The normalized spacial score (nSPS) is 15.3. The van der Waals surface area contributed by atoms with Crippen molar-refractivity contribution in [1.82, 2.24) is 16.0 Å². The molecule has 1 aliphatic rings. The number of phenols is 1. The highest BCUT2D eigenvalue weighted by molar-refractivity contribution is 5.94. The van der Waals surface area contributed by atoms with Gasteiger partial charge in [-0.1, -0.05) is 0 Å². The molecule has 0 aromatic heterocycles. The monoisotopic (exact) mass is 374 g/mol. The van der Waals surface area contributed by atoms with Crippen molar-refractivity contribution in [3.8, 4) is 11.8 Å². The smallest absolute Gasteiger partial charge is 0.268 e. The molecule has 1 aromatic carbocycles. The van der Waals surface area contributed by atoms with Gasteiger partial charge >= 0.3 is 0 Å². The Bertz CT molecular complexity index is 859. The summed E-state index contributed by atoms with van der Waals surface area (Å²) in [5.74, 6) is -1.88. The summed E-state index contributed by atoms with van der Waals surface area (Å²) in [5, 5.41) is 35.6. The van der Waals surface area contributed by atoms with Crippen LogP contribution in [-0.2, 0) is 16.0 Å². The minimum atomic E-state index is -1.43. The number of allylic oxidation sites excluding steroid dienone is 1. The average Bonchev–Trinajstić information content (AvgIpc) is 2.64. The van der Waals surface area contributed by atoms with E-state index in [9.17, 15) is 24.2 Å². The fourth-order valence-corrected chi connectivity index (χ4v) is 2.26. The molecule has 9 heteroatoms. The molecule has 1 unspecified atom stereocenters. The van der Waals surface area contributed by atoms with Crippen molar-refractivity contribution in [3.63, 3.8) is 0 Å². The number of dihydropyridines is 1. The number of nitrogens with zero attached hydrogens (tertiary/aromatic N) is 1. The van der Waals surface area contributed by atoms with Crippen LogP contribution in [0.15, 0.2) is 41.7 Å². The number of aliphatic hydroxyl groups is 1. The summed E-state index contributed by atoms with van der Waals surface area (Å²) in [6.07, 6.45) is 2.74. The van der Waals surface area contributed by atoms with Gasteiger partial charge in [0.15, 0.2) is 0 Å². The molecule has 27 heavy (non-hydrogen) atoms. The Balaban J connectivity index is 2.03. The highest BCUT2D eigenvalue weighted by Crippen LogP contribution is 2.18. The van der Waals surface area contributed by atoms with Crippen LogP contribution in [0.1, 0.15) is 12.5 Å². The van der Waals surface area contributed by atoms with E-state index >= 15 is 0 Å². The van der Waals surface area contributed by atoms with E-state index in [0.717, 1.165) is 18.2 Å². The van der Waals surface area contributed by atoms with Crippen LogP contribution in [-0.4, -0.2) is 40.7 Å². The molecule has 0 bridgehead atoms. The molecule has 8 nitrogen and oxygen atoms in total. The molecule has 0 saturated carbocycles. The van der Waals surface area contributed by atoms with Crippen LogP contribution in [0.4, 0.5) is 4.39 Å². The van der Waals surface area contributed by atoms with E-state index < -0.39 is 29.8 Å². The van der Waals surface area contributed by atoms with Gasteiger partial charge in [0, 0.05) is 17.8 Å². The lowest BCUT2D eigenvalue weighted by atomic mass is 10.1. The number of amides is 2. The molecule has 2 amide bonds. The van der Waals surface area contributed by atoms with Gasteiger partial charge in [-0.25, -0.2) is 4.39 Å². The van der Waals surface area contributed by atoms with Crippen molar-refractivity contribution in [3.05, 3.63) is 53.1 Å². The van der Waals surface area contributed by atoms with Crippen molar-refractivity contribution >= 4 is 11.8 Å². The van der Waals surface area contributed by atoms with Crippen molar-refractivity contribution in [2.24, 2.45) is 0 Å². The summed E-state index contributed by atoms with van der Waals surface area (Å²) < 4.78 is 13.2. The summed E-state index contributed by atoms with van der Waals surface area (Å²) in [6.45, 7) is 1.07. The molecule has 5 N–H and O–H groups in total. The second-order valence-corrected chi connectivity index (χ2v) is 6.15. The van der Waals surface area contributed by atoms with Gasteiger partial charge < -0.3 is 26.2 Å². The minimum absolute atomic E-state index is 0.108. The zero-order valence-corrected chi connectivity index (χ0v) is 14.5. The van der Waals surface area contributed by atoms with Gasteiger partial charge in [0.05, 0.1) is 19.1 Å². The zero-order chi connectivity index (χ0) is 20.0. The number of carbonyl (C=O) groups is 2. The third-order valence-electron chi connectivity index (χ3n) is 3.79. The molecular weight excluding hydrogens is 355 g/mol. The molecule has 0 aliphatic carbocycles. The standard InChI is InChI=1S/C18H19FN4O4/c1-18(9-20,10-24)23-17(27)14-8-13(4-5-21-14)22-16(26)7-11-6-12(19)2-3-15(11)25/h2-4,6,8,21,24-25H,5,7,10H2,1H3,(H,22,26)(H,23,27). The number of phenolic OH excluding ortho intramolecular Hbond substituents is 1. The summed E-state index contributed by atoms with van der Waals surface area (Å²) in [7, 11) is 0. The molecule has 0 radical (unpaired) electrons. The lowest BCUT2D eigenvalue weighted by molar-refractivity contribution is -0.120. The van der Waals surface area contributed by atoms with E-state index in [1.807, 2.05) is 0 Å². The highest BCUT2D eigenvalue weighted by atomic mass is 19.1. The molecule has 142 valence electrons. The second kappa shape index (κ2) is 8.33. The topological polar surface area (TPSA) is 134 Å². The summed E-state index contributed by atoms with van der Waals surface area (Å²) in [4.78, 5) is 24.3. The number of aromatic hydroxyl groups is 1. The lowest BCUT2D eigenvalue weighted by Gasteiger charge is -2.23. The van der Waals surface area contributed by atoms with E-state index in [4.69, 9.17) is 5.26 Å². The maximum absolute atomic E-state index is 13.2. The molecular formula is C18H19FN4O4. The molecule has 1 aliphatic heterocycles. The molecule has 0 spiro atoms. The third kappa shape index (κ3) is 5.29. The van der Waals surface area contributed by atoms with Crippen LogP contribution in [0.3, 0.4) is 0 Å². The molecule has 1 aromatic rings. The fourth-order valence-electron chi connectivity index (χ4n) is 2.26. The Hall–Kier alpha value is -3.38. The molecule has 1 heterocycles. The Kier molecular flexibility index (Phi) is 6.15. The number of nitriles is 1. The second-order valence-electron chi connectivity index (χ2n) is 6.15. The number of carbonyl (C=O) groups excluding carboxylic acids is 2. The summed E-state index contributed by atoms with van der Waals surface area (Å²) >= 11 is 0. The molecule has 1 atom stereocenters. The summed E-state index contributed by atoms with van der Waals surface area (Å²) in [6, 6.07) is 5.12. The van der Waals surface area contributed by atoms with Crippen LogP contribution >= 0.6 is 0 Å². The molecule has 0 saturated heterocycles. The SMILES string of the molecule is CC(C#N)(CO)NC(=O)C1=CC(NC(=O)Cc2cc(F)ccc2O)=CCN1. The van der Waals surface area contributed by atoms with E-state index in [0.29, 0.717) is 5.70 Å². The van der Waals surface area contributed by atoms with Crippen LogP contribution in [0.2, 0.25) is 0 Å². The van der Waals surface area contributed by atoms with Gasteiger partial charge in [0.25, 0.3) is 5.91 Å². The summed E-state index contributed by atoms with van der Waals surface area (Å²) in [5.41, 5.74) is -0.852. The van der Waals surface area contributed by atoms with Crippen molar-refractivity contribution in [1.29, 1.82) is 5.26 Å². The first-order valence-corrected chi connectivity index (χ1v) is 8.04. The number of hydrogen-bond acceptors (Lipinski definition) is 6. The Labute approximate surface area is 155 Å². The van der Waals surface area contributed by atoms with Crippen LogP contribution in [0.25, 0.3) is 0 Å². The Morgan fingerprint density at radius 1 is 1.44 bits per heavy atom. The van der Waals surface area contributed by atoms with E-state index in [1.54, 1.807) is 12.1 Å². The maximum atomic E-state index is 13.2. The third-order valence-corrected chi connectivity index (χ3v) is 3.79. The van der Waals surface area contributed by atoms with Gasteiger partial charge in [-0.2, -0.15) is 5.26 Å². The number of nitrogens with one attached hydrogen (secondary N) is 3.